The highest BCUT2D eigenvalue weighted by molar-refractivity contribution is 5.07. The third kappa shape index (κ3) is 1.22. The molecule has 0 amide bonds. The second-order valence-electron chi connectivity index (χ2n) is 4.18. The molecule has 1 heterocycles. The molecule has 0 radical (unpaired) electrons. The molecule has 2 fully saturated rings. The number of hydrogen-bond acceptors (Lipinski definition) is 3. The van der Waals surface area contributed by atoms with Gasteiger partial charge in [0.1, 0.15) is 5.60 Å². The fourth-order valence-electron chi connectivity index (χ4n) is 2.98. The lowest BCUT2D eigenvalue weighted by Gasteiger charge is -2.30. The van der Waals surface area contributed by atoms with Gasteiger partial charge in [-0.3, -0.25) is 0 Å². The van der Waals surface area contributed by atoms with E-state index < -0.39 is 0 Å². The summed E-state index contributed by atoms with van der Waals surface area (Å²) in [7, 11) is 3.50. The Hall–Kier alpha value is -0.120. The van der Waals surface area contributed by atoms with E-state index in [1.54, 1.807) is 14.2 Å². The van der Waals surface area contributed by atoms with Crippen molar-refractivity contribution in [1.82, 2.24) is 0 Å². The molecule has 13 heavy (non-hydrogen) atoms. The quantitative estimate of drug-likeness (QED) is 0.663. The summed E-state index contributed by atoms with van der Waals surface area (Å²) < 4.78 is 16.7. The van der Waals surface area contributed by atoms with E-state index in [1.807, 2.05) is 0 Å². The van der Waals surface area contributed by atoms with Gasteiger partial charge in [-0.05, 0) is 19.8 Å². The summed E-state index contributed by atoms with van der Waals surface area (Å²) >= 11 is 0. The Balaban J connectivity index is 2.17. The lowest BCUT2D eigenvalue weighted by molar-refractivity contribution is -0.126. The minimum atomic E-state index is -0.145. The second kappa shape index (κ2) is 3.23. The van der Waals surface area contributed by atoms with Crippen molar-refractivity contribution in [3.8, 4) is 0 Å². The van der Waals surface area contributed by atoms with E-state index in [0.29, 0.717) is 18.6 Å². The minimum absolute atomic E-state index is 0.145. The van der Waals surface area contributed by atoms with Crippen LogP contribution in [0.3, 0.4) is 0 Å². The van der Waals surface area contributed by atoms with Crippen molar-refractivity contribution in [3.05, 3.63) is 0 Å². The lowest BCUT2D eigenvalue weighted by Crippen LogP contribution is -2.42. The number of ether oxygens (including phenoxy) is 3. The van der Waals surface area contributed by atoms with E-state index in [2.05, 4.69) is 6.92 Å². The first-order valence-corrected chi connectivity index (χ1v) is 4.93. The average molecular weight is 186 g/mol. The maximum Gasteiger partial charge on any atom is 0.118 e. The Labute approximate surface area is 79.4 Å². The SMILES string of the molecule is COC[C@]12CC[C@@H](C1OC)[C@H](C)O2. The molecule has 1 saturated heterocycles. The first-order chi connectivity index (χ1) is 6.23. The van der Waals surface area contributed by atoms with Crippen LogP contribution < -0.4 is 0 Å². The van der Waals surface area contributed by atoms with Crippen molar-refractivity contribution >= 4 is 0 Å². The molecule has 0 aromatic carbocycles. The highest BCUT2D eigenvalue weighted by atomic mass is 16.6. The Bertz CT molecular complexity index is 195. The molecule has 2 bridgehead atoms. The summed E-state index contributed by atoms with van der Waals surface area (Å²) in [6, 6.07) is 0. The summed E-state index contributed by atoms with van der Waals surface area (Å²) in [6.07, 6.45) is 2.86. The molecule has 2 rings (SSSR count). The minimum Gasteiger partial charge on any atom is -0.382 e. The predicted octanol–water partition coefficient (Wildman–Crippen LogP) is 1.22. The van der Waals surface area contributed by atoms with Crippen LogP contribution in [0.2, 0.25) is 0 Å². The Kier molecular flexibility index (Phi) is 2.34. The van der Waals surface area contributed by atoms with Crippen LogP contribution in [-0.4, -0.2) is 38.6 Å². The molecule has 0 N–H and O–H groups in total. The van der Waals surface area contributed by atoms with Crippen LogP contribution >= 0.6 is 0 Å². The molecule has 76 valence electrons. The maximum atomic E-state index is 5.94. The molecule has 1 saturated carbocycles. The zero-order valence-corrected chi connectivity index (χ0v) is 8.58. The van der Waals surface area contributed by atoms with Crippen LogP contribution in [0.15, 0.2) is 0 Å². The van der Waals surface area contributed by atoms with Crippen LogP contribution in [-0.2, 0) is 14.2 Å². The number of rotatable bonds is 3. The van der Waals surface area contributed by atoms with Crippen LogP contribution in [0.4, 0.5) is 0 Å². The van der Waals surface area contributed by atoms with Crippen molar-refractivity contribution in [3.63, 3.8) is 0 Å². The van der Waals surface area contributed by atoms with E-state index in [0.717, 1.165) is 6.42 Å². The lowest BCUT2D eigenvalue weighted by atomic mass is 9.99. The van der Waals surface area contributed by atoms with Gasteiger partial charge in [0.05, 0.1) is 18.8 Å². The van der Waals surface area contributed by atoms with Gasteiger partial charge in [-0.2, -0.15) is 0 Å². The zero-order chi connectivity index (χ0) is 9.47. The molecule has 3 nitrogen and oxygen atoms in total. The van der Waals surface area contributed by atoms with Gasteiger partial charge in [0, 0.05) is 20.1 Å². The highest BCUT2D eigenvalue weighted by Crippen LogP contribution is 2.49. The van der Waals surface area contributed by atoms with Crippen LogP contribution in [0.25, 0.3) is 0 Å². The highest BCUT2D eigenvalue weighted by Gasteiger charge is 2.58. The van der Waals surface area contributed by atoms with Gasteiger partial charge in [0.2, 0.25) is 0 Å². The van der Waals surface area contributed by atoms with Crippen LogP contribution in [0, 0.1) is 5.92 Å². The van der Waals surface area contributed by atoms with Crippen LogP contribution in [0.1, 0.15) is 19.8 Å². The summed E-state index contributed by atoms with van der Waals surface area (Å²) in [5.74, 6) is 0.570. The molecule has 1 unspecified atom stereocenters. The van der Waals surface area contributed by atoms with E-state index in [9.17, 15) is 0 Å². The fraction of sp³-hybridized carbons (Fsp3) is 1.00. The molecule has 1 aliphatic carbocycles. The Morgan fingerprint density at radius 3 is 2.77 bits per heavy atom. The van der Waals surface area contributed by atoms with Gasteiger partial charge in [-0.15, -0.1) is 0 Å². The Morgan fingerprint density at radius 1 is 1.46 bits per heavy atom. The molecule has 1 aliphatic heterocycles. The van der Waals surface area contributed by atoms with E-state index in [-0.39, 0.29) is 11.7 Å². The van der Waals surface area contributed by atoms with Crippen LogP contribution in [0.5, 0.6) is 0 Å². The van der Waals surface area contributed by atoms with Crippen molar-refractivity contribution in [1.29, 1.82) is 0 Å². The number of hydrogen-bond donors (Lipinski definition) is 0. The van der Waals surface area contributed by atoms with Gasteiger partial charge in [-0.1, -0.05) is 0 Å². The summed E-state index contributed by atoms with van der Waals surface area (Å²) in [6.45, 7) is 2.79. The number of fused-ring (bicyclic) bond motifs is 2. The summed E-state index contributed by atoms with van der Waals surface area (Å²) in [4.78, 5) is 0. The molecule has 0 spiro atoms. The standard InChI is InChI=1S/C10H18O3/c1-7-8-4-5-10(13-7,6-11-2)9(8)12-3/h7-9H,4-6H2,1-3H3/t7-,8+,9?,10+/m0/s1. The maximum absolute atomic E-state index is 5.94. The van der Waals surface area contributed by atoms with Crippen molar-refractivity contribution in [2.75, 3.05) is 20.8 Å². The molecule has 4 atom stereocenters. The topological polar surface area (TPSA) is 27.7 Å². The fourth-order valence-corrected chi connectivity index (χ4v) is 2.98. The van der Waals surface area contributed by atoms with Crippen molar-refractivity contribution < 1.29 is 14.2 Å². The second-order valence-corrected chi connectivity index (χ2v) is 4.18. The zero-order valence-electron chi connectivity index (χ0n) is 8.58. The van der Waals surface area contributed by atoms with Gasteiger partial charge >= 0.3 is 0 Å². The number of methoxy groups -OCH3 is 2. The third-order valence-electron chi connectivity index (χ3n) is 3.47. The van der Waals surface area contributed by atoms with Gasteiger partial charge in [0.15, 0.2) is 0 Å². The first kappa shape index (κ1) is 9.44. The molecule has 0 aromatic rings. The molecule has 2 aliphatic rings. The Morgan fingerprint density at radius 2 is 2.23 bits per heavy atom. The van der Waals surface area contributed by atoms with Gasteiger partial charge < -0.3 is 14.2 Å². The normalized spacial score (nSPS) is 48.7. The molecule has 0 aromatic heterocycles. The largest absolute Gasteiger partial charge is 0.382 e. The summed E-state index contributed by atoms with van der Waals surface area (Å²) in [5.41, 5.74) is -0.145. The molecular weight excluding hydrogens is 168 g/mol. The van der Waals surface area contributed by atoms with Crippen molar-refractivity contribution in [2.24, 2.45) is 5.92 Å². The monoisotopic (exact) mass is 186 g/mol. The third-order valence-corrected chi connectivity index (χ3v) is 3.47. The smallest absolute Gasteiger partial charge is 0.118 e. The van der Waals surface area contributed by atoms with E-state index in [1.165, 1.54) is 6.42 Å². The average Bonchev–Trinajstić information content (AvgIpc) is 2.55. The van der Waals surface area contributed by atoms with Crippen molar-refractivity contribution in [2.45, 2.75) is 37.6 Å². The predicted molar refractivity (Wildman–Crippen MR) is 48.7 cm³/mol. The molecule has 3 heteroatoms. The van der Waals surface area contributed by atoms with E-state index >= 15 is 0 Å². The molecular formula is C10H18O3. The summed E-state index contributed by atoms with van der Waals surface area (Å²) in [5, 5.41) is 0. The van der Waals surface area contributed by atoms with Gasteiger partial charge in [-0.25, -0.2) is 0 Å². The first-order valence-electron chi connectivity index (χ1n) is 4.93. The van der Waals surface area contributed by atoms with Gasteiger partial charge in [0.25, 0.3) is 0 Å². The van der Waals surface area contributed by atoms with E-state index in [4.69, 9.17) is 14.2 Å².